The molecular formula is C19H26N4OS. The molecule has 1 saturated heterocycles. The van der Waals surface area contributed by atoms with Gasteiger partial charge < -0.3 is 10.2 Å². The highest BCUT2D eigenvalue weighted by Gasteiger charge is 2.21. The molecule has 1 fully saturated rings. The average molecular weight is 359 g/mol. The van der Waals surface area contributed by atoms with Gasteiger partial charge in [-0.15, -0.1) is 11.3 Å². The van der Waals surface area contributed by atoms with Gasteiger partial charge in [0.05, 0.1) is 6.54 Å². The Morgan fingerprint density at radius 1 is 1.40 bits per heavy atom. The van der Waals surface area contributed by atoms with Gasteiger partial charge in [-0.05, 0) is 30.9 Å². The van der Waals surface area contributed by atoms with Crippen LogP contribution in [-0.2, 0) is 13.1 Å². The number of hydrogen-bond donors (Lipinski definition) is 1. The van der Waals surface area contributed by atoms with Crippen molar-refractivity contribution >= 4 is 17.4 Å². The number of benzene rings is 1. The number of amides is 2. The Morgan fingerprint density at radius 3 is 3.00 bits per heavy atom. The molecule has 0 saturated carbocycles. The molecule has 0 unspecified atom stereocenters. The molecule has 1 aromatic heterocycles. The van der Waals surface area contributed by atoms with Gasteiger partial charge in [-0.25, -0.2) is 9.78 Å². The highest BCUT2D eigenvalue weighted by Crippen LogP contribution is 2.18. The highest BCUT2D eigenvalue weighted by molar-refractivity contribution is 7.09. The van der Waals surface area contributed by atoms with Gasteiger partial charge in [0.2, 0.25) is 0 Å². The molecule has 2 heterocycles. The molecule has 1 N–H and O–H groups in total. The number of carbonyl (C=O) groups is 1. The third-order valence-electron chi connectivity index (χ3n) is 4.60. The molecule has 0 aliphatic carbocycles. The maximum atomic E-state index is 12.3. The Kier molecular flexibility index (Phi) is 6.42. The second-order valence-corrected chi connectivity index (χ2v) is 7.68. The number of aromatic nitrogens is 1. The molecule has 5 nitrogen and oxygen atoms in total. The lowest BCUT2D eigenvalue weighted by Gasteiger charge is -2.33. The predicted molar refractivity (Wildman–Crippen MR) is 101 cm³/mol. The van der Waals surface area contributed by atoms with Crippen molar-refractivity contribution in [1.82, 2.24) is 20.1 Å². The Hall–Kier alpha value is -1.92. The lowest BCUT2D eigenvalue weighted by atomic mass is 9.97. The van der Waals surface area contributed by atoms with Crippen LogP contribution in [0.15, 0.2) is 41.9 Å². The minimum atomic E-state index is -0.0182. The van der Waals surface area contributed by atoms with Gasteiger partial charge in [0, 0.05) is 38.3 Å². The fourth-order valence-electron chi connectivity index (χ4n) is 3.28. The van der Waals surface area contributed by atoms with Crippen molar-refractivity contribution in [3.05, 3.63) is 52.5 Å². The Bertz CT molecular complexity index is 647. The van der Waals surface area contributed by atoms with Gasteiger partial charge >= 0.3 is 6.03 Å². The van der Waals surface area contributed by atoms with E-state index in [-0.39, 0.29) is 6.03 Å². The predicted octanol–water partition coefficient (Wildman–Crippen LogP) is 3.20. The SMILES string of the molecule is CN(Cc1nccs1)C(=O)NC[C@@H]1CCCN(Cc2ccccc2)C1. The number of carbonyl (C=O) groups excluding carboxylic acids is 1. The number of rotatable bonds is 6. The molecule has 3 rings (SSSR count). The molecule has 0 radical (unpaired) electrons. The maximum absolute atomic E-state index is 12.3. The molecule has 1 aliphatic rings. The van der Waals surface area contributed by atoms with E-state index in [1.165, 1.54) is 18.4 Å². The van der Waals surface area contributed by atoms with Gasteiger partial charge in [0.15, 0.2) is 0 Å². The Morgan fingerprint density at radius 2 is 2.24 bits per heavy atom. The maximum Gasteiger partial charge on any atom is 0.317 e. The molecule has 25 heavy (non-hydrogen) atoms. The molecule has 134 valence electrons. The van der Waals surface area contributed by atoms with Crippen molar-refractivity contribution in [2.75, 3.05) is 26.7 Å². The third kappa shape index (κ3) is 5.54. The smallest absolute Gasteiger partial charge is 0.317 e. The monoisotopic (exact) mass is 358 g/mol. The first-order valence-corrected chi connectivity index (χ1v) is 9.72. The van der Waals surface area contributed by atoms with Crippen LogP contribution in [0, 0.1) is 5.92 Å². The van der Waals surface area contributed by atoms with Crippen molar-refractivity contribution in [2.24, 2.45) is 5.92 Å². The van der Waals surface area contributed by atoms with Crippen LogP contribution in [0.25, 0.3) is 0 Å². The van der Waals surface area contributed by atoms with Crippen LogP contribution < -0.4 is 5.32 Å². The number of nitrogens with zero attached hydrogens (tertiary/aromatic N) is 3. The molecule has 0 spiro atoms. The fraction of sp³-hybridized carbons (Fsp3) is 0.474. The molecule has 6 heteroatoms. The zero-order chi connectivity index (χ0) is 17.5. The standard InChI is InChI=1S/C19H26N4OS/c1-22(15-18-20-9-11-25-18)19(24)21-12-17-8-5-10-23(14-17)13-16-6-3-2-4-7-16/h2-4,6-7,9,11,17H,5,8,10,12-15H2,1H3,(H,21,24)/t17-/m0/s1. The summed E-state index contributed by atoms with van der Waals surface area (Å²) in [5.74, 6) is 0.523. The Balaban J connectivity index is 1.42. The van der Waals surface area contributed by atoms with E-state index in [1.54, 1.807) is 22.4 Å². The van der Waals surface area contributed by atoms with E-state index in [4.69, 9.17) is 0 Å². The third-order valence-corrected chi connectivity index (χ3v) is 5.36. The normalized spacial score (nSPS) is 18.0. The van der Waals surface area contributed by atoms with Gasteiger partial charge in [-0.2, -0.15) is 0 Å². The van der Waals surface area contributed by atoms with Crippen molar-refractivity contribution in [3.8, 4) is 0 Å². The molecule has 2 amide bonds. The quantitative estimate of drug-likeness (QED) is 0.863. The summed E-state index contributed by atoms with van der Waals surface area (Å²) in [6.07, 6.45) is 4.15. The molecule has 0 bridgehead atoms. The van der Waals surface area contributed by atoms with Gasteiger partial charge in [-0.1, -0.05) is 30.3 Å². The summed E-state index contributed by atoms with van der Waals surface area (Å²) in [5.41, 5.74) is 1.36. The summed E-state index contributed by atoms with van der Waals surface area (Å²) >= 11 is 1.58. The summed E-state index contributed by atoms with van der Waals surface area (Å²) in [7, 11) is 1.82. The van der Waals surface area contributed by atoms with Crippen LogP contribution in [0.5, 0.6) is 0 Å². The fourth-order valence-corrected chi connectivity index (χ4v) is 3.94. The first-order valence-electron chi connectivity index (χ1n) is 8.84. The average Bonchev–Trinajstić information content (AvgIpc) is 3.14. The van der Waals surface area contributed by atoms with E-state index in [0.717, 1.165) is 31.2 Å². The second kappa shape index (κ2) is 8.97. The van der Waals surface area contributed by atoms with Crippen LogP contribution >= 0.6 is 11.3 Å². The molecule has 1 atom stereocenters. The van der Waals surface area contributed by atoms with Crippen molar-refractivity contribution < 1.29 is 4.79 Å². The largest absolute Gasteiger partial charge is 0.338 e. The minimum absolute atomic E-state index is 0.0182. The summed E-state index contributed by atoms with van der Waals surface area (Å²) in [4.78, 5) is 20.7. The van der Waals surface area contributed by atoms with Crippen LogP contribution in [-0.4, -0.2) is 47.5 Å². The lowest BCUT2D eigenvalue weighted by Crippen LogP contribution is -2.43. The highest BCUT2D eigenvalue weighted by atomic mass is 32.1. The van der Waals surface area contributed by atoms with Crippen LogP contribution in [0.1, 0.15) is 23.4 Å². The molecule has 1 aliphatic heterocycles. The van der Waals surface area contributed by atoms with Gasteiger partial charge in [0.25, 0.3) is 0 Å². The van der Waals surface area contributed by atoms with E-state index in [9.17, 15) is 4.79 Å². The lowest BCUT2D eigenvalue weighted by molar-refractivity contribution is 0.161. The summed E-state index contributed by atoms with van der Waals surface area (Å²) < 4.78 is 0. The van der Waals surface area contributed by atoms with E-state index in [0.29, 0.717) is 12.5 Å². The zero-order valence-corrected chi connectivity index (χ0v) is 15.5. The number of hydrogen-bond acceptors (Lipinski definition) is 4. The van der Waals surface area contributed by atoms with Crippen LogP contribution in [0.4, 0.5) is 4.79 Å². The Labute approximate surface area is 153 Å². The summed E-state index contributed by atoms with van der Waals surface area (Å²) in [5, 5.41) is 5.98. The number of nitrogens with one attached hydrogen (secondary N) is 1. The van der Waals surface area contributed by atoms with Crippen molar-refractivity contribution in [3.63, 3.8) is 0 Å². The molecule has 2 aromatic rings. The first kappa shape index (κ1) is 17.9. The summed E-state index contributed by atoms with van der Waals surface area (Å²) in [6.45, 7) is 4.49. The van der Waals surface area contributed by atoms with E-state index >= 15 is 0 Å². The van der Waals surface area contributed by atoms with E-state index in [2.05, 4.69) is 45.5 Å². The number of piperidine rings is 1. The molecule has 1 aromatic carbocycles. The van der Waals surface area contributed by atoms with E-state index < -0.39 is 0 Å². The minimum Gasteiger partial charge on any atom is -0.338 e. The molecular weight excluding hydrogens is 332 g/mol. The van der Waals surface area contributed by atoms with Crippen molar-refractivity contribution in [1.29, 1.82) is 0 Å². The van der Waals surface area contributed by atoms with Crippen LogP contribution in [0.2, 0.25) is 0 Å². The topological polar surface area (TPSA) is 48.5 Å². The second-order valence-electron chi connectivity index (χ2n) is 6.70. The first-order chi connectivity index (χ1) is 12.2. The number of likely N-dealkylation sites (tertiary alicyclic amines) is 1. The number of urea groups is 1. The number of thiazole rings is 1. The summed E-state index contributed by atoms with van der Waals surface area (Å²) in [6, 6.07) is 10.6. The van der Waals surface area contributed by atoms with E-state index in [1.807, 2.05) is 12.4 Å². The zero-order valence-electron chi connectivity index (χ0n) is 14.7. The van der Waals surface area contributed by atoms with Gasteiger partial charge in [-0.3, -0.25) is 4.90 Å². The van der Waals surface area contributed by atoms with Crippen molar-refractivity contribution in [2.45, 2.75) is 25.9 Å². The van der Waals surface area contributed by atoms with Crippen LogP contribution in [0.3, 0.4) is 0 Å². The van der Waals surface area contributed by atoms with Gasteiger partial charge in [0.1, 0.15) is 5.01 Å².